The molecule has 0 saturated carbocycles. The molecule has 2 rings (SSSR count). The zero-order chi connectivity index (χ0) is 13.7. The van der Waals surface area contributed by atoms with Gasteiger partial charge in [0.05, 0.1) is 12.5 Å². The number of nitrogens with one attached hydrogen (secondary N) is 1. The predicted octanol–water partition coefficient (Wildman–Crippen LogP) is 2.13. The van der Waals surface area contributed by atoms with Gasteiger partial charge in [-0.1, -0.05) is 12.1 Å². The molecule has 1 fully saturated rings. The number of piperidine rings is 1. The number of rotatable bonds is 4. The minimum atomic E-state index is -0.392. The second kappa shape index (κ2) is 6.06. The third kappa shape index (κ3) is 3.47. The highest BCUT2D eigenvalue weighted by molar-refractivity contribution is 5.76. The molecule has 4 nitrogen and oxygen atoms in total. The first kappa shape index (κ1) is 13.9. The summed E-state index contributed by atoms with van der Waals surface area (Å²) in [7, 11) is 1.62. The molecule has 1 aliphatic rings. The summed E-state index contributed by atoms with van der Waals surface area (Å²) in [4.78, 5) is 12.2. The van der Waals surface area contributed by atoms with Crippen molar-refractivity contribution in [3.63, 3.8) is 0 Å². The molecule has 1 aromatic carbocycles. The van der Waals surface area contributed by atoms with Crippen molar-refractivity contribution >= 4 is 5.97 Å². The number of esters is 1. The Hall–Kier alpha value is -1.55. The second-order valence-corrected chi connectivity index (χ2v) is 5.27. The van der Waals surface area contributed by atoms with Crippen LogP contribution >= 0.6 is 0 Å². The highest BCUT2D eigenvalue weighted by Crippen LogP contribution is 2.27. The lowest BCUT2D eigenvalue weighted by atomic mass is 9.83. The van der Waals surface area contributed by atoms with Crippen molar-refractivity contribution in [2.45, 2.75) is 26.4 Å². The van der Waals surface area contributed by atoms with Crippen LogP contribution in [0.5, 0.6) is 5.75 Å². The van der Waals surface area contributed by atoms with Crippen LogP contribution in [0.1, 0.15) is 25.3 Å². The number of ether oxygens (including phenoxy) is 2. The first-order valence-corrected chi connectivity index (χ1v) is 6.65. The Kier molecular flexibility index (Phi) is 4.43. The highest BCUT2D eigenvalue weighted by atomic mass is 16.5. The van der Waals surface area contributed by atoms with Crippen LogP contribution in [0.2, 0.25) is 0 Å². The Labute approximate surface area is 114 Å². The van der Waals surface area contributed by atoms with Gasteiger partial charge in [-0.15, -0.1) is 0 Å². The quantitative estimate of drug-likeness (QED) is 0.845. The summed E-state index contributed by atoms with van der Waals surface area (Å²) in [5.41, 5.74) is 0.553. The van der Waals surface area contributed by atoms with E-state index in [1.165, 1.54) is 0 Å². The average molecular weight is 263 g/mol. The van der Waals surface area contributed by atoms with Gasteiger partial charge < -0.3 is 14.8 Å². The van der Waals surface area contributed by atoms with Crippen molar-refractivity contribution in [3.8, 4) is 5.75 Å². The van der Waals surface area contributed by atoms with Crippen LogP contribution in [0, 0.1) is 5.41 Å². The van der Waals surface area contributed by atoms with Crippen LogP contribution in [0.4, 0.5) is 0 Å². The molecule has 0 aliphatic carbocycles. The van der Waals surface area contributed by atoms with Crippen molar-refractivity contribution in [2.75, 3.05) is 20.2 Å². The molecule has 0 aromatic heterocycles. The summed E-state index contributed by atoms with van der Waals surface area (Å²) in [6.07, 6.45) is 1.90. The van der Waals surface area contributed by atoms with Gasteiger partial charge in [0.1, 0.15) is 12.4 Å². The lowest BCUT2D eigenvalue weighted by Crippen LogP contribution is -2.44. The van der Waals surface area contributed by atoms with Crippen LogP contribution in [0.3, 0.4) is 0 Å². The van der Waals surface area contributed by atoms with E-state index in [9.17, 15) is 4.79 Å². The molecule has 0 amide bonds. The second-order valence-electron chi connectivity index (χ2n) is 5.27. The normalized spacial score (nSPS) is 22.8. The van der Waals surface area contributed by atoms with Crippen LogP contribution in [-0.4, -0.2) is 26.2 Å². The third-order valence-corrected chi connectivity index (χ3v) is 3.59. The Morgan fingerprint density at radius 3 is 3.00 bits per heavy atom. The zero-order valence-corrected chi connectivity index (χ0v) is 11.6. The average Bonchev–Trinajstić information content (AvgIpc) is 2.45. The molecular formula is C15H21NO3. The minimum absolute atomic E-state index is 0.123. The van der Waals surface area contributed by atoms with Gasteiger partial charge in [0.2, 0.25) is 0 Å². The molecular weight excluding hydrogens is 242 g/mol. The van der Waals surface area contributed by atoms with E-state index in [2.05, 4.69) is 5.32 Å². The number of methoxy groups -OCH3 is 1. The van der Waals surface area contributed by atoms with Crippen LogP contribution in [0.25, 0.3) is 0 Å². The maximum atomic E-state index is 12.2. The van der Waals surface area contributed by atoms with Gasteiger partial charge in [-0.25, -0.2) is 0 Å². The Morgan fingerprint density at radius 1 is 1.47 bits per heavy atom. The van der Waals surface area contributed by atoms with Crippen molar-refractivity contribution in [1.29, 1.82) is 0 Å². The Bertz CT molecular complexity index is 439. The zero-order valence-electron chi connectivity index (χ0n) is 11.6. The van der Waals surface area contributed by atoms with Crippen molar-refractivity contribution in [2.24, 2.45) is 5.41 Å². The molecule has 1 N–H and O–H groups in total. The fourth-order valence-electron chi connectivity index (χ4n) is 2.32. The first-order valence-electron chi connectivity index (χ1n) is 6.65. The van der Waals surface area contributed by atoms with E-state index in [1.54, 1.807) is 7.11 Å². The van der Waals surface area contributed by atoms with E-state index in [0.717, 1.165) is 30.7 Å². The van der Waals surface area contributed by atoms with Gasteiger partial charge in [0.25, 0.3) is 0 Å². The van der Waals surface area contributed by atoms with E-state index in [4.69, 9.17) is 9.47 Å². The number of carbonyl (C=O) groups is 1. The lowest BCUT2D eigenvalue weighted by molar-refractivity contribution is -0.157. The molecule has 1 aromatic rings. The molecule has 104 valence electrons. The number of carbonyl (C=O) groups excluding carboxylic acids is 1. The number of benzene rings is 1. The molecule has 0 radical (unpaired) electrons. The standard InChI is InChI=1S/C15H21NO3/c1-15(7-4-8-16-11-15)14(17)19-10-12-5-3-6-13(9-12)18-2/h3,5-6,9,16H,4,7-8,10-11H2,1-2H3. The molecule has 1 unspecified atom stereocenters. The monoisotopic (exact) mass is 263 g/mol. The maximum absolute atomic E-state index is 12.2. The summed E-state index contributed by atoms with van der Waals surface area (Å²) in [6.45, 7) is 3.95. The SMILES string of the molecule is COc1cccc(COC(=O)C2(C)CCCNC2)c1. The third-order valence-electron chi connectivity index (χ3n) is 3.59. The topological polar surface area (TPSA) is 47.6 Å². The van der Waals surface area contributed by atoms with E-state index >= 15 is 0 Å². The highest BCUT2D eigenvalue weighted by Gasteiger charge is 2.36. The summed E-state index contributed by atoms with van der Waals surface area (Å²) in [5, 5.41) is 3.25. The number of hydrogen-bond donors (Lipinski definition) is 1. The molecule has 1 aliphatic heterocycles. The fourth-order valence-corrected chi connectivity index (χ4v) is 2.32. The molecule has 19 heavy (non-hydrogen) atoms. The fraction of sp³-hybridized carbons (Fsp3) is 0.533. The molecule has 1 saturated heterocycles. The maximum Gasteiger partial charge on any atom is 0.313 e. The summed E-state index contributed by atoms with van der Waals surface area (Å²) >= 11 is 0. The molecule has 4 heteroatoms. The summed E-state index contributed by atoms with van der Waals surface area (Å²) < 4.78 is 10.6. The van der Waals surface area contributed by atoms with E-state index < -0.39 is 5.41 Å². The van der Waals surface area contributed by atoms with Crippen molar-refractivity contribution in [1.82, 2.24) is 5.32 Å². The minimum Gasteiger partial charge on any atom is -0.497 e. The van der Waals surface area contributed by atoms with Crippen molar-refractivity contribution in [3.05, 3.63) is 29.8 Å². The molecule has 0 bridgehead atoms. The first-order chi connectivity index (χ1) is 9.14. The van der Waals surface area contributed by atoms with Crippen LogP contribution in [0.15, 0.2) is 24.3 Å². The van der Waals surface area contributed by atoms with Crippen LogP contribution in [-0.2, 0) is 16.1 Å². The molecule has 1 atom stereocenters. The lowest BCUT2D eigenvalue weighted by Gasteiger charge is -2.31. The predicted molar refractivity (Wildman–Crippen MR) is 73.0 cm³/mol. The van der Waals surface area contributed by atoms with Gasteiger partial charge in [-0.3, -0.25) is 4.79 Å². The molecule has 0 spiro atoms. The van der Waals surface area contributed by atoms with Crippen molar-refractivity contribution < 1.29 is 14.3 Å². The number of hydrogen-bond acceptors (Lipinski definition) is 4. The van der Waals surface area contributed by atoms with E-state index in [0.29, 0.717) is 13.2 Å². The van der Waals surface area contributed by atoms with Gasteiger partial charge in [0, 0.05) is 6.54 Å². The Morgan fingerprint density at radius 2 is 2.32 bits per heavy atom. The van der Waals surface area contributed by atoms with E-state index in [1.807, 2.05) is 31.2 Å². The Balaban J connectivity index is 1.92. The largest absolute Gasteiger partial charge is 0.497 e. The molecule has 1 heterocycles. The van der Waals surface area contributed by atoms with Gasteiger partial charge in [-0.05, 0) is 44.0 Å². The van der Waals surface area contributed by atoms with Gasteiger partial charge in [0.15, 0.2) is 0 Å². The van der Waals surface area contributed by atoms with Crippen LogP contribution < -0.4 is 10.1 Å². The summed E-state index contributed by atoms with van der Waals surface area (Å²) in [6, 6.07) is 7.58. The van der Waals surface area contributed by atoms with Gasteiger partial charge >= 0.3 is 5.97 Å². The smallest absolute Gasteiger partial charge is 0.313 e. The van der Waals surface area contributed by atoms with E-state index in [-0.39, 0.29) is 5.97 Å². The summed E-state index contributed by atoms with van der Waals surface area (Å²) in [5.74, 6) is 0.654. The van der Waals surface area contributed by atoms with Gasteiger partial charge in [-0.2, -0.15) is 0 Å².